The summed E-state index contributed by atoms with van der Waals surface area (Å²) in [7, 11) is 4.00. The average Bonchev–Trinajstić information content (AvgIpc) is 2.29. The van der Waals surface area contributed by atoms with Crippen LogP contribution in [0, 0.1) is 20.8 Å². The number of hydrogen-bond donors (Lipinski definition) is 1. The first-order valence-electron chi connectivity index (χ1n) is 7.09. The van der Waals surface area contributed by atoms with Crippen LogP contribution in [0.4, 0.5) is 0 Å². The fourth-order valence-electron chi connectivity index (χ4n) is 2.75. The van der Waals surface area contributed by atoms with Crippen LogP contribution >= 0.6 is 0 Å². The minimum atomic E-state index is 0.706. The van der Waals surface area contributed by atoms with Crippen molar-refractivity contribution in [3.05, 3.63) is 28.3 Å². The minimum absolute atomic E-state index is 0.706. The summed E-state index contributed by atoms with van der Waals surface area (Å²) < 4.78 is 5.64. The predicted molar refractivity (Wildman–Crippen MR) is 80.2 cm³/mol. The van der Waals surface area contributed by atoms with E-state index in [0.29, 0.717) is 6.04 Å². The molecule has 0 aromatic heterocycles. The molecule has 19 heavy (non-hydrogen) atoms. The highest BCUT2D eigenvalue weighted by molar-refractivity contribution is 5.49. The van der Waals surface area contributed by atoms with Gasteiger partial charge >= 0.3 is 0 Å². The van der Waals surface area contributed by atoms with E-state index < -0.39 is 0 Å². The van der Waals surface area contributed by atoms with Crippen LogP contribution in [0.5, 0.6) is 5.75 Å². The summed E-state index contributed by atoms with van der Waals surface area (Å²) in [6.45, 7) is 9.83. The molecule has 1 aromatic carbocycles. The second-order valence-corrected chi connectivity index (χ2v) is 5.69. The molecule has 0 bridgehead atoms. The smallest absolute Gasteiger partial charge is 0.125 e. The molecule has 0 atom stereocenters. The maximum atomic E-state index is 5.64. The highest BCUT2D eigenvalue weighted by atomic mass is 16.5. The zero-order chi connectivity index (χ0) is 14.0. The van der Waals surface area contributed by atoms with Gasteiger partial charge in [0, 0.05) is 25.7 Å². The molecule has 1 aliphatic rings. The van der Waals surface area contributed by atoms with E-state index in [9.17, 15) is 0 Å². The summed E-state index contributed by atoms with van der Waals surface area (Å²) in [6.07, 6.45) is 1.06. The lowest BCUT2D eigenvalue weighted by molar-refractivity contribution is 0.182. The van der Waals surface area contributed by atoms with Crippen LogP contribution < -0.4 is 10.1 Å². The molecule has 2 rings (SSSR count). The highest BCUT2D eigenvalue weighted by Gasteiger charge is 2.21. The zero-order valence-electron chi connectivity index (χ0n) is 12.8. The van der Waals surface area contributed by atoms with Crippen molar-refractivity contribution in [3.8, 4) is 5.75 Å². The molecule has 106 valence electrons. The zero-order valence-corrected chi connectivity index (χ0v) is 12.8. The first kappa shape index (κ1) is 14.4. The number of hydrogen-bond acceptors (Lipinski definition) is 3. The van der Waals surface area contributed by atoms with Gasteiger partial charge in [0.15, 0.2) is 0 Å². The van der Waals surface area contributed by atoms with Gasteiger partial charge in [-0.25, -0.2) is 0 Å². The van der Waals surface area contributed by atoms with Gasteiger partial charge in [-0.05, 0) is 56.5 Å². The summed E-state index contributed by atoms with van der Waals surface area (Å²) in [4.78, 5) is 2.45. The van der Waals surface area contributed by atoms with E-state index in [1.54, 1.807) is 7.11 Å². The quantitative estimate of drug-likeness (QED) is 0.879. The lowest BCUT2D eigenvalue weighted by atomic mass is 9.96. The number of aryl methyl sites for hydroxylation is 2. The molecule has 1 saturated heterocycles. The second kappa shape index (κ2) is 5.93. The minimum Gasteiger partial charge on any atom is -0.496 e. The topological polar surface area (TPSA) is 24.5 Å². The Bertz CT molecular complexity index is 453. The first-order valence-corrected chi connectivity index (χ1v) is 7.09. The third kappa shape index (κ3) is 2.93. The molecule has 0 spiro atoms. The van der Waals surface area contributed by atoms with Gasteiger partial charge in [-0.15, -0.1) is 0 Å². The van der Waals surface area contributed by atoms with Crippen molar-refractivity contribution in [1.82, 2.24) is 10.2 Å². The Hall–Kier alpha value is -1.06. The van der Waals surface area contributed by atoms with Crippen LogP contribution in [0.2, 0.25) is 0 Å². The van der Waals surface area contributed by atoms with Crippen molar-refractivity contribution in [2.45, 2.75) is 33.2 Å². The van der Waals surface area contributed by atoms with E-state index in [1.807, 2.05) is 0 Å². The van der Waals surface area contributed by atoms with Gasteiger partial charge in [0.05, 0.1) is 7.11 Å². The Morgan fingerprint density at radius 3 is 2.47 bits per heavy atom. The SMILES string of the molecule is COc1c(C)c(C)cc(C)c1CCN(C)C1CNC1. The van der Waals surface area contributed by atoms with Crippen LogP contribution in [0.3, 0.4) is 0 Å². The highest BCUT2D eigenvalue weighted by Crippen LogP contribution is 2.30. The van der Waals surface area contributed by atoms with E-state index in [0.717, 1.165) is 31.8 Å². The molecule has 0 aliphatic carbocycles. The van der Waals surface area contributed by atoms with Crippen molar-refractivity contribution >= 4 is 0 Å². The molecule has 1 aliphatic heterocycles. The molecule has 0 unspecified atom stereocenters. The van der Waals surface area contributed by atoms with Gasteiger partial charge in [-0.3, -0.25) is 0 Å². The third-order valence-electron chi connectivity index (χ3n) is 4.42. The van der Waals surface area contributed by atoms with Crippen molar-refractivity contribution in [2.75, 3.05) is 33.8 Å². The van der Waals surface area contributed by atoms with Crippen molar-refractivity contribution in [3.63, 3.8) is 0 Å². The lowest BCUT2D eigenvalue weighted by Gasteiger charge is -2.35. The summed E-state index contributed by atoms with van der Waals surface area (Å²) in [5, 5.41) is 3.32. The number of nitrogens with one attached hydrogen (secondary N) is 1. The summed E-state index contributed by atoms with van der Waals surface area (Å²) in [5.41, 5.74) is 5.30. The molecule has 1 N–H and O–H groups in total. The molecule has 3 heteroatoms. The molecule has 0 radical (unpaired) electrons. The predicted octanol–water partition coefficient (Wildman–Crippen LogP) is 2.07. The molecule has 1 fully saturated rings. The van der Waals surface area contributed by atoms with Gasteiger partial charge in [-0.2, -0.15) is 0 Å². The van der Waals surface area contributed by atoms with Crippen molar-refractivity contribution in [1.29, 1.82) is 0 Å². The Labute approximate surface area is 116 Å². The Morgan fingerprint density at radius 2 is 1.95 bits per heavy atom. The molecule has 1 aromatic rings. The monoisotopic (exact) mass is 262 g/mol. The number of likely N-dealkylation sites (N-methyl/N-ethyl adjacent to an activating group) is 1. The van der Waals surface area contributed by atoms with Crippen LogP contribution in [-0.2, 0) is 6.42 Å². The number of ether oxygens (including phenoxy) is 1. The molecular formula is C16H26N2O. The maximum Gasteiger partial charge on any atom is 0.125 e. The summed E-state index contributed by atoms with van der Waals surface area (Å²) in [6, 6.07) is 2.98. The molecule has 1 heterocycles. The van der Waals surface area contributed by atoms with Gasteiger partial charge in [0.1, 0.15) is 5.75 Å². The van der Waals surface area contributed by atoms with E-state index in [-0.39, 0.29) is 0 Å². The number of nitrogens with zero attached hydrogens (tertiary/aromatic N) is 1. The van der Waals surface area contributed by atoms with Gasteiger partial charge < -0.3 is 15.0 Å². The molecule has 3 nitrogen and oxygen atoms in total. The van der Waals surface area contributed by atoms with E-state index >= 15 is 0 Å². The number of methoxy groups -OCH3 is 1. The average molecular weight is 262 g/mol. The summed E-state index contributed by atoms with van der Waals surface area (Å²) in [5.74, 6) is 1.08. The van der Waals surface area contributed by atoms with Crippen molar-refractivity contribution < 1.29 is 4.74 Å². The van der Waals surface area contributed by atoms with E-state index in [2.05, 4.69) is 44.1 Å². The van der Waals surface area contributed by atoms with Crippen LogP contribution in [0.1, 0.15) is 22.3 Å². The molecule has 0 amide bonds. The number of rotatable bonds is 5. The van der Waals surface area contributed by atoms with Crippen LogP contribution in [0.25, 0.3) is 0 Å². The third-order valence-corrected chi connectivity index (χ3v) is 4.42. The Kier molecular flexibility index (Phi) is 4.48. The molecular weight excluding hydrogens is 236 g/mol. The number of benzene rings is 1. The van der Waals surface area contributed by atoms with Crippen LogP contribution in [0.15, 0.2) is 6.07 Å². The van der Waals surface area contributed by atoms with Gasteiger partial charge in [-0.1, -0.05) is 6.07 Å². The van der Waals surface area contributed by atoms with Crippen LogP contribution in [-0.4, -0.2) is 44.7 Å². The maximum absolute atomic E-state index is 5.64. The Morgan fingerprint density at radius 1 is 1.26 bits per heavy atom. The standard InChI is InChI=1S/C16H26N2O/c1-11-8-12(2)15(16(19-5)13(11)3)6-7-18(4)14-9-17-10-14/h8,14,17H,6-7,9-10H2,1-5H3. The normalized spacial score (nSPS) is 15.7. The van der Waals surface area contributed by atoms with E-state index in [4.69, 9.17) is 4.74 Å². The summed E-state index contributed by atoms with van der Waals surface area (Å²) >= 11 is 0. The van der Waals surface area contributed by atoms with Gasteiger partial charge in [0.2, 0.25) is 0 Å². The van der Waals surface area contributed by atoms with E-state index in [1.165, 1.54) is 22.3 Å². The lowest BCUT2D eigenvalue weighted by Crippen LogP contribution is -2.56. The Balaban J connectivity index is 2.12. The largest absolute Gasteiger partial charge is 0.496 e. The fraction of sp³-hybridized carbons (Fsp3) is 0.625. The second-order valence-electron chi connectivity index (χ2n) is 5.69. The van der Waals surface area contributed by atoms with Gasteiger partial charge in [0.25, 0.3) is 0 Å². The molecule has 0 saturated carbocycles. The first-order chi connectivity index (χ1) is 9.04. The van der Waals surface area contributed by atoms with Crippen molar-refractivity contribution in [2.24, 2.45) is 0 Å². The fourth-order valence-corrected chi connectivity index (χ4v) is 2.75.